The van der Waals surface area contributed by atoms with Crippen molar-refractivity contribution in [2.24, 2.45) is 5.92 Å². The second kappa shape index (κ2) is 7.24. The smallest absolute Gasteiger partial charge is 0.0802 e. The predicted molar refractivity (Wildman–Crippen MR) is 84.9 cm³/mol. The first kappa shape index (κ1) is 15.5. The van der Waals surface area contributed by atoms with Crippen LogP contribution in [-0.4, -0.2) is 29.6 Å². The van der Waals surface area contributed by atoms with E-state index in [1.807, 2.05) is 0 Å². The first-order valence-corrected chi connectivity index (χ1v) is 8.07. The van der Waals surface area contributed by atoms with Crippen LogP contribution >= 0.6 is 0 Å². The highest BCUT2D eigenvalue weighted by Gasteiger charge is 2.18. The fourth-order valence-electron chi connectivity index (χ4n) is 3.29. The lowest BCUT2D eigenvalue weighted by Crippen LogP contribution is -2.34. The SMILES string of the molecule is CCC1CCN(CCC(O)c2cc(C)cc(C)c2)CC1. The minimum Gasteiger partial charge on any atom is -0.388 e. The Morgan fingerprint density at radius 3 is 2.30 bits per heavy atom. The average Bonchev–Trinajstić information content (AvgIpc) is 2.44. The highest BCUT2D eigenvalue weighted by atomic mass is 16.3. The van der Waals surface area contributed by atoms with E-state index in [1.54, 1.807) is 0 Å². The van der Waals surface area contributed by atoms with Gasteiger partial charge in [0, 0.05) is 6.54 Å². The molecule has 1 aliphatic rings. The molecule has 1 N–H and O–H groups in total. The van der Waals surface area contributed by atoms with Crippen LogP contribution in [0.2, 0.25) is 0 Å². The van der Waals surface area contributed by atoms with E-state index < -0.39 is 0 Å². The van der Waals surface area contributed by atoms with Crippen molar-refractivity contribution in [2.45, 2.75) is 52.6 Å². The van der Waals surface area contributed by atoms with Crippen molar-refractivity contribution >= 4 is 0 Å². The van der Waals surface area contributed by atoms with Crippen LogP contribution in [0.1, 0.15) is 55.4 Å². The highest BCUT2D eigenvalue weighted by Crippen LogP contribution is 2.23. The molecule has 0 radical (unpaired) electrons. The van der Waals surface area contributed by atoms with Gasteiger partial charge in [0.25, 0.3) is 0 Å². The van der Waals surface area contributed by atoms with Crippen molar-refractivity contribution in [3.63, 3.8) is 0 Å². The Bertz CT molecular complexity index is 401. The molecule has 1 aromatic rings. The highest BCUT2D eigenvalue weighted by molar-refractivity contribution is 5.29. The Kier molecular flexibility index (Phi) is 5.62. The zero-order valence-electron chi connectivity index (χ0n) is 13.2. The van der Waals surface area contributed by atoms with Gasteiger partial charge in [-0.15, -0.1) is 0 Å². The molecule has 1 fully saturated rings. The van der Waals surface area contributed by atoms with Gasteiger partial charge in [0.2, 0.25) is 0 Å². The molecule has 0 saturated carbocycles. The quantitative estimate of drug-likeness (QED) is 0.882. The number of aryl methyl sites for hydroxylation is 2. The fourth-order valence-corrected chi connectivity index (χ4v) is 3.29. The molecule has 1 aromatic carbocycles. The van der Waals surface area contributed by atoms with Crippen LogP contribution in [0, 0.1) is 19.8 Å². The number of piperidine rings is 1. The molecule has 1 saturated heterocycles. The van der Waals surface area contributed by atoms with Crippen LogP contribution in [0.5, 0.6) is 0 Å². The van der Waals surface area contributed by atoms with Crippen LogP contribution in [0.15, 0.2) is 18.2 Å². The standard InChI is InChI=1S/C18H29NO/c1-4-16-5-8-19(9-6-16)10-7-18(20)17-12-14(2)11-15(3)13-17/h11-13,16,18,20H,4-10H2,1-3H3. The number of nitrogens with zero attached hydrogens (tertiary/aromatic N) is 1. The molecule has 2 heteroatoms. The summed E-state index contributed by atoms with van der Waals surface area (Å²) in [7, 11) is 0. The van der Waals surface area contributed by atoms with E-state index in [0.717, 1.165) is 24.4 Å². The summed E-state index contributed by atoms with van der Waals surface area (Å²) < 4.78 is 0. The van der Waals surface area contributed by atoms with Crippen molar-refractivity contribution in [3.8, 4) is 0 Å². The maximum Gasteiger partial charge on any atom is 0.0802 e. The summed E-state index contributed by atoms with van der Waals surface area (Å²) in [5, 5.41) is 10.4. The third-order valence-electron chi connectivity index (χ3n) is 4.63. The lowest BCUT2D eigenvalue weighted by molar-refractivity contribution is 0.122. The maximum atomic E-state index is 10.4. The van der Waals surface area contributed by atoms with Gasteiger partial charge in [-0.2, -0.15) is 0 Å². The monoisotopic (exact) mass is 275 g/mol. The zero-order chi connectivity index (χ0) is 14.5. The first-order chi connectivity index (χ1) is 9.58. The summed E-state index contributed by atoms with van der Waals surface area (Å²) in [5.74, 6) is 0.926. The summed E-state index contributed by atoms with van der Waals surface area (Å²) >= 11 is 0. The lowest BCUT2D eigenvalue weighted by Gasteiger charge is -2.32. The Hall–Kier alpha value is -0.860. The molecule has 0 spiro atoms. The largest absolute Gasteiger partial charge is 0.388 e. The van der Waals surface area contributed by atoms with E-state index in [0.29, 0.717) is 0 Å². The molecule has 1 atom stereocenters. The molecule has 0 bridgehead atoms. The van der Waals surface area contributed by atoms with Crippen molar-refractivity contribution < 1.29 is 5.11 Å². The Morgan fingerprint density at radius 2 is 1.75 bits per heavy atom. The Balaban J connectivity index is 1.81. The second-order valence-corrected chi connectivity index (χ2v) is 6.42. The number of hydrogen-bond acceptors (Lipinski definition) is 2. The van der Waals surface area contributed by atoms with Gasteiger partial charge in [-0.1, -0.05) is 42.7 Å². The van der Waals surface area contributed by atoms with Gasteiger partial charge in [0.1, 0.15) is 0 Å². The van der Waals surface area contributed by atoms with E-state index in [4.69, 9.17) is 0 Å². The molecule has 112 valence electrons. The number of hydrogen-bond donors (Lipinski definition) is 1. The summed E-state index contributed by atoms with van der Waals surface area (Å²) in [6.45, 7) is 9.92. The van der Waals surface area contributed by atoms with Crippen molar-refractivity contribution in [1.29, 1.82) is 0 Å². The Morgan fingerprint density at radius 1 is 1.15 bits per heavy atom. The van der Waals surface area contributed by atoms with E-state index in [1.165, 1.54) is 43.5 Å². The summed E-state index contributed by atoms with van der Waals surface area (Å²) in [6.07, 6.45) is 4.50. The minimum atomic E-state index is -0.322. The molecule has 1 unspecified atom stereocenters. The van der Waals surface area contributed by atoms with Crippen molar-refractivity contribution in [3.05, 3.63) is 34.9 Å². The summed E-state index contributed by atoms with van der Waals surface area (Å²) in [5.41, 5.74) is 3.55. The number of benzene rings is 1. The van der Waals surface area contributed by atoms with Crippen molar-refractivity contribution in [2.75, 3.05) is 19.6 Å². The van der Waals surface area contributed by atoms with Crippen molar-refractivity contribution in [1.82, 2.24) is 4.90 Å². The molecule has 0 aromatic heterocycles. The first-order valence-electron chi connectivity index (χ1n) is 8.07. The topological polar surface area (TPSA) is 23.5 Å². The van der Waals surface area contributed by atoms with Crippen LogP contribution in [0.3, 0.4) is 0 Å². The van der Waals surface area contributed by atoms with Crippen LogP contribution in [-0.2, 0) is 0 Å². The van der Waals surface area contributed by atoms with E-state index in [-0.39, 0.29) is 6.10 Å². The molecule has 1 heterocycles. The second-order valence-electron chi connectivity index (χ2n) is 6.42. The van der Waals surface area contributed by atoms with Gasteiger partial charge in [0.15, 0.2) is 0 Å². The fraction of sp³-hybridized carbons (Fsp3) is 0.667. The Labute approximate surface area is 123 Å². The predicted octanol–water partition coefficient (Wildman–Crippen LogP) is 3.85. The average molecular weight is 275 g/mol. The van der Waals surface area contributed by atoms with Gasteiger partial charge < -0.3 is 10.0 Å². The number of aliphatic hydroxyl groups is 1. The van der Waals surface area contributed by atoms with Gasteiger partial charge in [0.05, 0.1) is 6.10 Å². The molecular formula is C18H29NO. The molecule has 2 nitrogen and oxygen atoms in total. The van der Waals surface area contributed by atoms with Crippen LogP contribution in [0.25, 0.3) is 0 Å². The molecule has 20 heavy (non-hydrogen) atoms. The number of aliphatic hydroxyl groups excluding tert-OH is 1. The van der Waals surface area contributed by atoms with Gasteiger partial charge >= 0.3 is 0 Å². The zero-order valence-corrected chi connectivity index (χ0v) is 13.2. The molecule has 0 aliphatic carbocycles. The van der Waals surface area contributed by atoms with Gasteiger partial charge in [-0.3, -0.25) is 0 Å². The van der Waals surface area contributed by atoms with Crippen LogP contribution in [0.4, 0.5) is 0 Å². The normalized spacial score (nSPS) is 19.2. The minimum absolute atomic E-state index is 0.322. The van der Waals surface area contributed by atoms with Gasteiger partial charge in [-0.05, 0) is 57.7 Å². The molecule has 0 amide bonds. The van der Waals surface area contributed by atoms with Crippen LogP contribution < -0.4 is 0 Å². The number of rotatable bonds is 5. The van der Waals surface area contributed by atoms with E-state index >= 15 is 0 Å². The third kappa shape index (κ3) is 4.32. The van der Waals surface area contributed by atoms with Gasteiger partial charge in [-0.25, -0.2) is 0 Å². The molecular weight excluding hydrogens is 246 g/mol. The molecule has 1 aliphatic heterocycles. The molecule has 2 rings (SSSR count). The summed E-state index contributed by atoms with van der Waals surface area (Å²) in [6, 6.07) is 6.38. The van der Waals surface area contributed by atoms with E-state index in [9.17, 15) is 5.11 Å². The third-order valence-corrected chi connectivity index (χ3v) is 4.63. The summed E-state index contributed by atoms with van der Waals surface area (Å²) in [4.78, 5) is 2.51. The van der Waals surface area contributed by atoms with E-state index in [2.05, 4.69) is 43.9 Å². The lowest BCUT2D eigenvalue weighted by atomic mass is 9.94. The maximum absolute atomic E-state index is 10.4. The number of likely N-dealkylation sites (tertiary alicyclic amines) is 1.